The van der Waals surface area contributed by atoms with Crippen molar-refractivity contribution in [1.82, 2.24) is 0 Å². The van der Waals surface area contributed by atoms with Gasteiger partial charge in [-0.1, -0.05) is 86.5 Å². The molecule has 1 saturated heterocycles. The van der Waals surface area contributed by atoms with Crippen LogP contribution in [0, 0.1) is 0 Å². The molecule has 3 rings (SSSR count). The highest BCUT2D eigenvalue weighted by Gasteiger charge is 2.50. The highest BCUT2D eigenvalue weighted by atomic mass is 28.4. The molecular weight excluding hydrogens is 342 g/mol. The average Bonchev–Trinajstić information content (AvgIpc) is 3.47. The molecule has 2 atom stereocenters. The van der Waals surface area contributed by atoms with E-state index < -0.39 is 8.32 Å². The summed E-state index contributed by atoms with van der Waals surface area (Å²) in [5.74, 6) is 0. The van der Waals surface area contributed by atoms with Gasteiger partial charge in [0.15, 0.2) is 0 Å². The Hall–Kier alpha value is -2.11. The van der Waals surface area contributed by atoms with Crippen LogP contribution in [0.5, 0.6) is 0 Å². The normalized spacial score (nSPS) is 18.0. The van der Waals surface area contributed by atoms with Gasteiger partial charge in [-0.25, -0.2) is 0 Å². The lowest BCUT2D eigenvalue weighted by atomic mass is 10.2. The van der Waals surface area contributed by atoms with E-state index in [2.05, 4.69) is 79.3 Å². The van der Waals surface area contributed by atoms with Crippen LogP contribution in [0.4, 0.5) is 0 Å². The molecule has 0 bridgehead atoms. The number of hydrogen-bond donors (Lipinski definition) is 0. The van der Waals surface area contributed by atoms with Crippen LogP contribution in [-0.2, 0) is 9.16 Å². The van der Waals surface area contributed by atoms with Crippen LogP contribution in [0.25, 0.3) is 10.4 Å². The molecule has 0 aliphatic carbocycles. The fourth-order valence-electron chi connectivity index (χ4n) is 3.53. The number of nitrogens with zero attached hydrogens (tertiary/aromatic N) is 3. The minimum absolute atomic E-state index is 0.0240. The molecule has 5 nitrogen and oxygen atoms in total. The van der Waals surface area contributed by atoms with E-state index in [0.717, 1.165) is 0 Å². The van der Waals surface area contributed by atoms with Crippen molar-refractivity contribution in [2.24, 2.45) is 5.11 Å². The first-order valence-corrected chi connectivity index (χ1v) is 10.8. The summed E-state index contributed by atoms with van der Waals surface area (Å²) in [4.78, 5) is 2.99. The molecule has 1 aliphatic rings. The number of rotatable bonds is 7. The quantitative estimate of drug-likeness (QED) is 0.246. The lowest BCUT2D eigenvalue weighted by molar-refractivity contribution is 0.243. The molecule has 136 valence electrons. The summed E-state index contributed by atoms with van der Waals surface area (Å²) in [6.45, 7) is 7.69. The van der Waals surface area contributed by atoms with Crippen molar-refractivity contribution in [3.8, 4) is 0 Å². The third kappa shape index (κ3) is 3.69. The molecule has 0 radical (unpaired) electrons. The van der Waals surface area contributed by atoms with E-state index in [0.29, 0.717) is 13.2 Å². The van der Waals surface area contributed by atoms with Gasteiger partial charge < -0.3 is 9.16 Å². The van der Waals surface area contributed by atoms with Crippen LogP contribution in [0.2, 0.25) is 5.04 Å². The monoisotopic (exact) mass is 367 g/mol. The molecule has 2 aromatic carbocycles. The van der Waals surface area contributed by atoms with Gasteiger partial charge in [-0.05, 0) is 20.9 Å². The first kappa shape index (κ1) is 18.7. The predicted octanol–water partition coefficient (Wildman–Crippen LogP) is 3.64. The number of benzene rings is 2. The summed E-state index contributed by atoms with van der Waals surface area (Å²) in [5, 5.41) is 6.25. The molecule has 0 spiro atoms. The van der Waals surface area contributed by atoms with Gasteiger partial charge in [-0.15, -0.1) is 0 Å². The van der Waals surface area contributed by atoms with Gasteiger partial charge >= 0.3 is 0 Å². The molecule has 2 aromatic rings. The van der Waals surface area contributed by atoms with E-state index in [9.17, 15) is 0 Å². The zero-order valence-corrected chi connectivity index (χ0v) is 16.5. The lowest BCUT2D eigenvalue weighted by Gasteiger charge is -2.43. The zero-order valence-electron chi connectivity index (χ0n) is 15.5. The smallest absolute Gasteiger partial charge is 0.261 e. The second-order valence-electron chi connectivity index (χ2n) is 7.62. The van der Waals surface area contributed by atoms with E-state index in [1.807, 2.05) is 12.1 Å². The van der Waals surface area contributed by atoms with Crippen molar-refractivity contribution in [1.29, 1.82) is 0 Å². The van der Waals surface area contributed by atoms with Crippen LogP contribution in [0.15, 0.2) is 65.8 Å². The third-order valence-electron chi connectivity index (χ3n) is 4.88. The minimum Gasteiger partial charge on any atom is -0.407 e. The van der Waals surface area contributed by atoms with Crippen LogP contribution in [0.1, 0.15) is 20.8 Å². The maximum atomic E-state index is 8.90. The van der Waals surface area contributed by atoms with Gasteiger partial charge in [0.2, 0.25) is 0 Å². The Morgan fingerprint density at radius 2 is 1.62 bits per heavy atom. The van der Waals surface area contributed by atoms with E-state index in [4.69, 9.17) is 14.7 Å². The first-order chi connectivity index (χ1) is 12.5. The Morgan fingerprint density at radius 3 is 2.00 bits per heavy atom. The summed E-state index contributed by atoms with van der Waals surface area (Å²) < 4.78 is 12.1. The fraction of sp³-hybridized carbons (Fsp3) is 0.400. The van der Waals surface area contributed by atoms with Gasteiger partial charge in [0.1, 0.15) is 0 Å². The van der Waals surface area contributed by atoms with Gasteiger partial charge in [-0.2, -0.15) is 0 Å². The highest BCUT2D eigenvalue weighted by Crippen LogP contribution is 2.37. The van der Waals surface area contributed by atoms with Gasteiger partial charge in [0, 0.05) is 11.5 Å². The topological polar surface area (TPSA) is 70.5 Å². The number of azide groups is 1. The van der Waals surface area contributed by atoms with E-state index in [1.54, 1.807) is 0 Å². The summed E-state index contributed by atoms with van der Waals surface area (Å²) in [7, 11) is -2.60. The first-order valence-electron chi connectivity index (χ1n) is 8.90. The van der Waals surface area contributed by atoms with Crippen LogP contribution >= 0.6 is 0 Å². The van der Waals surface area contributed by atoms with E-state index in [-0.39, 0.29) is 17.2 Å². The van der Waals surface area contributed by atoms with Crippen molar-refractivity contribution >= 4 is 18.7 Å². The van der Waals surface area contributed by atoms with Crippen molar-refractivity contribution in [2.45, 2.75) is 38.0 Å². The largest absolute Gasteiger partial charge is 0.407 e. The van der Waals surface area contributed by atoms with Crippen LogP contribution in [-0.4, -0.2) is 33.7 Å². The van der Waals surface area contributed by atoms with Crippen molar-refractivity contribution in [3.05, 3.63) is 71.1 Å². The fourth-order valence-corrected chi connectivity index (χ4v) is 8.11. The molecule has 1 aliphatic heterocycles. The Balaban J connectivity index is 2.06. The molecule has 1 heterocycles. The number of epoxide rings is 1. The van der Waals surface area contributed by atoms with Gasteiger partial charge in [0.25, 0.3) is 8.32 Å². The molecule has 0 aromatic heterocycles. The number of hydrogen-bond acceptors (Lipinski definition) is 3. The SMILES string of the molecule is CC(C)(C)[Si](OC[C@@H](N=[N+]=[N-])[C@H]1CO1)(c1ccccc1)c1ccccc1. The number of ether oxygens (including phenoxy) is 1. The molecule has 0 unspecified atom stereocenters. The molecule has 1 fully saturated rings. The molecule has 6 heteroatoms. The second kappa shape index (κ2) is 7.64. The minimum atomic E-state index is -2.60. The Kier molecular flexibility index (Phi) is 5.49. The standard InChI is InChI=1S/C20H25N3O2Si/c1-20(2,3)26(16-10-6-4-7-11-16,17-12-8-5-9-13-17)25-14-18(22-23-21)19-15-24-19/h4-13,18-19H,14-15H2,1-3H3/t18-,19-/m1/s1. The Morgan fingerprint density at radius 1 is 1.12 bits per heavy atom. The summed E-state index contributed by atoms with van der Waals surface area (Å²) in [6.07, 6.45) is -0.0240. The van der Waals surface area contributed by atoms with Crippen LogP contribution in [0.3, 0.4) is 0 Å². The lowest BCUT2D eigenvalue weighted by Crippen LogP contribution is -2.67. The molecule has 26 heavy (non-hydrogen) atoms. The van der Waals surface area contributed by atoms with Crippen molar-refractivity contribution in [2.75, 3.05) is 13.2 Å². The molecule has 0 N–H and O–H groups in total. The third-order valence-corrected chi connectivity index (χ3v) is 9.88. The highest BCUT2D eigenvalue weighted by molar-refractivity contribution is 6.99. The van der Waals surface area contributed by atoms with E-state index >= 15 is 0 Å². The van der Waals surface area contributed by atoms with Gasteiger partial charge in [-0.3, -0.25) is 0 Å². The predicted molar refractivity (Wildman–Crippen MR) is 106 cm³/mol. The van der Waals surface area contributed by atoms with Crippen molar-refractivity contribution < 1.29 is 9.16 Å². The van der Waals surface area contributed by atoms with Crippen molar-refractivity contribution in [3.63, 3.8) is 0 Å². The second-order valence-corrected chi connectivity index (χ2v) is 11.9. The van der Waals surface area contributed by atoms with E-state index in [1.165, 1.54) is 10.4 Å². The van der Waals surface area contributed by atoms with Gasteiger partial charge in [0.05, 0.1) is 18.8 Å². The molecule has 0 saturated carbocycles. The maximum Gasteiger partial charge on any atom is 0.261 e. The maximum absolute atomic E-state index is 8.90. The van der Waals surface area contributed by atoms with Crippen LogP contribution < -0.4 is 10.4 Å². The zero-order chi connectivity index (χ0) is 18.6. The summed E-state index contributed by atoms with van der Waals surface area (Å²) in [6, 6.07) is 20.6. The Labute approximate surface area is 155 Å². The Bertz CT molecular complexity index is 727. The molecular formula is C20H25N3O2Si. The summed E-state index contributed by atoms with van der Waals surface area (Å²) >= 11 is 0. The average molecular weight is 368 g/mol. The summed E-state index contributed by atoms with van der Waals surface area (Å²) in [5.41, 5.74) is 8.90. The molecule has 0 amide bonds.